The van der Waals surface area contributed by atoms with Crippen LogP contribution in [0.5, 0.6) is 5.75 Å². The van der Waals surface area contributed by atoms with Crippen LogP contribution in [0.1, 0.15) is 12.0 Å². The molecule has 0 unspecified atom stereocenters. The minimum absolute atomic E-state index is 0.156. The van der Waals surface area contributed by atoms with Gasteiger partial charge >= 0.3 is 0 Å². The average Bonchev–Trinajstić information content (AvgIpc) is 2.51. The van der Waals surface area contributed by atoms with E-state index in [2.05, 4.69) is 6.07 Å². The van der Waals surface area contributed by atoms with E-state index in [0.717, 1.165) is 10.8 Å². The predicted molar refractivity (Wildman–Crippen MR) is 81.7 cm³/mol. The third-order valence-corrected chi connectivity index (χ3v) is 3.95. The van der Waals surface area contributed by atoms with Gasteiger partial charge in [0, 0.05) is 6.42 Å². The molecule has 0 aromatic heterocycles. The summed E-state index contributed by atoms with van der Waals surface area (Å²) >= 11 is 0. The molecule has 1 saturated heterocycles. The molecule has 1 fully saturated rings. The largest absolute Gasteiger partial charge is 0.465 e. The minimum Gasteiger partial charge on any atom is -0.465 e. The maximum Gasteiger partial charge on any atom is 0.202 e. The van der Waals surface area contributed by atoms with Crippen LogP contribution in [-0.2, 0) is 4.74 Å². The fraction of sp³-hybridized carbons (Fsp3) is 0.412. The molecule has 5 heteroatoms. The summed E-state index contributed by atoms with van der Waals surface area (Å²) in [5, 5.41) is 30.9. The van der Waals surface area contributed by atoms with Crippen molar-refractivity contribution in [3.05, 3.63) is 42.0 Å². The van der Waals surface area contributed by atoms with Crippen LogP contribution < -0.4 is 4.74 Å². The Morgan fingerprint density at radius 2 is 1.86 bits per heavy atom. The number of benzene rings is 2. The maximum atomic E-state index is 9.81. The fourth-order valence-electron chi connectivity index (χ4n) is 2.71. The molecule has 3 rings (SSSR count). The number of hydrogen-bond donors (Lipinski definition) is 3. The van der Waals surface area contributed by atoms with Crippen molar-refractivity contribution >= 4 is 10.8 Å². The molecular weight excluding hydrogens is 284 g/mol. The molecule has 0 radical (unpaired) electrons. The fourth-order valence-corrected chi connectivity index (χ4v) is 2.71. The van der Waals surface area contributed by atoms with Gasteiger partial charge < -0.3 is 24.8 Å². The van der Waals surface area contributed by atoms with Gasteiger partial charge in [0.2, 0.25) is 6.29 Å². The standard InChI is InChI=1S/C17H20O5/c1-10-2-3-12-7-13(5-4-11(12)6-10)21-16-8-14(19)17(20)15(9-18)22-16/h2-7,14-20H,8-9H2,1H3/t14-,15-,16-,17+/m1/s1. The lowest BCUT2D eigenvalue weighted by Crippen LogP contribution is -2.51. The molecule has 0 bridgehead atoms. The summed E-state index contributed by atoms with van der Waals surface area (Å²) in [7, 11) is 0. The Morgan fingerprint density at radius 1 is 1.14 bits per heavy atom. The summed E-state index contributed by atoms with van der Waals surface area (Å²) in [6.45, 7) is 1.68. The number of aliphatic hydroxyl groups is 3. The van der Waals surface area contributed by atoms with Gasteiger partial charge in [-0.2, -0.15) is 0 Å². The highest BCUT2D eigenvalue weighted by atomic mass is 16.7. The molecule has 0 amide bonds. The molecular formula is C17H20O5. The number of rotatable bonds is 3. The monoisotopic (exact) mass is 304 g/mol. The molecule has 2 aromatic rings. The van der Waals surface area contributed by atoms with E-state index in [1.807, 2.05) is 37.3 Å². The Bertz CT molecular complexity index is 657. The van der Waals surface area contributed by atoms with Crippen molar-refractivity contribution in [2.75, 3.05) is 6.61 Å². The molecule has 3 N–H and O–H groups in total. The topological polar surface area (TPSA) is 79.2 Å². The molecule has 4 atom stereocenters. The number of hydrogen-bond acceptors (Lipinski definition) is 5. The molecule has 0 aliphatic carbocycles. The Hall–Kier alpha value is -1.66. The molecule has 2 aromatic carbocycles. The van der Waals surface area contributed by atoms with Crippen molar-refractivity contribution < 1.29 is 24.8 Å². The van der Waals surface area contributed by atoms with E-state index in [1.54, 1.807) is 0 Å². The first-order valence-electron chi connectivity index (χ1n) is 7.36. The highest BCUT2D eigenvalue weighted by Crippen LogP contribution is 2.26. The molecule has 22 heavy (non-hydrogen) atoms. The van der Waals surface area contributed by atoms with Gasteiger partial charge in [-0.1, -0.05) is 29.8 Å². The quantitative estimate of drug-likeness (QED) is 0.798. The SMILES string of the molecule is Cc1ccc2cc(O[C@H]3C[C@@H](O)[C@H](O)[C@@H](CO)O3)ccc2c1. The van der Waals surface area contributed by atoms with Gasteiger partial charge in [-0.25, -0.2) is 0 Å². The van der Waals surface area contributed by atoms with Crippen molar-refractivity contribution in [2.45, 2.75) is 37.9 Å². The van der Waals surface area contributed by atoms with Crippen molar-refractivity contribution in [2.24, 2.45) is 0 Å². The van der Waals surface area contributed by atoms with Crippen LogP contribution in [0.2, 0.25) is 0 Å². The van der Waals surface area contributed by atoms with Crippen LogP contribution in [0.25, 0.3) is 10.8 Å². The van der Waals surface area contributed by atoms with Gasteiger partial charge in [0.25, 0.3) is 0 Å². The minimum atomic E-state index is -1.09. The van der Waals surface area contributed by atoms with Crippen LogP contribution in [0.3, 0.4) is 0 Å². The first-order valence-corrected chi connectivity index (χ1v) is 7.36. The van der Waals surface area contributed by atoms with Crippen molar-refractivity contribution in [3.8, 4) is 5.75 Å². The van der Waals surface area contributed by atoms with E-state index in [-0.39, 0.29) is 13.0 Å². The van der Waals surface area contributed by atoms with Crippen LogP contribution in [0.15, 0.2) is 36.4 Å². The van der Waals surface area contributed by atoms with Crippen LogP contribution >= 0.6 is 0 Å². The summed E-state index contributed by atoms with van der Waals surface area (Å²) in [6, 6.07) is 11.9. The molecule has 1 aliphatic heterocycles. The van der Waals surface area contributed by atoms with Crippen LogP contribution in [0, 0.1) is 6.92 Å². The van der Waals surface area contributed by atoms with Gasteiger partial charge in [-0.15, -0.1) is 0 Å². The molecule has 5 nitrogen and oxygen atoms in total. The first kappa shape index (κ1) is 15.2. The molecule has 0 spiro atoms. The Kier molecular flexibility index (Phi) is 4.31. The van der Waals surface area contributed by atoms with Crippen LogP contribution in [0.4, 0.5) is 0 Å². The zero-order chi connectivity index (χ0) is 15.7. The Morgan fingerprint density at radius 3 is 2.64 bits per heavy atom. The van der Waals surface area contributed by atoms with E-state index >= 15 is 0 Å². The van der Waals surface area contributed by atoms with Crippen molar-refractivity contribution in [1.82, 2.24) is 0 Å². The highest BCUT2D eigenvalue weighted by Gasteiger charge is 2.37. The van der Waals surface area contributed by atoms with Gasteiger partial charge in [0.05, 0.1) is 12.7 Å². The lowest BCUT2D eigenvalue weighted by atomic mass is 10.0. The summed E-state index contributed by atoms with van der Waals surface area (Å²) in [6.07, 6.45) is -3.44. The van der Waals surface area contributed by atoms with Gasteiger partial charge in [-0.3, -0.25) is 0 Å². The summed E-state index contributed by atoms with van der Waals surface area (Å²) < 4.78 is 11.2. The third-order valence-electron chi connectivity index (χ3n) is 3.95. The Balaban J connectivity index is 1.76. The Labute approximate surface area is 128 Å². The average molecular weight is 304 g/mol. The third kappa shape index (κ3) is 3.08. The molecule has 118 valence electrons. The zero-order valence-corrected chi connectivity index (χ0v) is 12.3. The number of aliphatic hydroxyl groups excluding tert-OH is 3. The van der Waals surface area contributed by atoms with E-state index in [9.17, 15) is 15.3 Å². The zero-order valence-electron chi connectivity index (χ0n) is 12.3. The summed E-state index contributed by atoms with van der Waals surface area (Å²) in [5.74, 6) is 0.627. The van der Waals surface area contributed by atoms with E-state index in [0.29, 0.717) is 5.75 Å². The molecule has 1 heterocycles. The number of fused-ring (bicyclic) bond motifs is 1. The van der Waals surface area contributed by atoms with E-state index in [4.69, 9.17) is 9.47 Å². The van der Waals surface area contributed by atoms with E-state index in [1.165, 1.54) is 5.56 Å². The normalized spacial score (nSPS) is 28.7. The lowest BCUT2D eigenvalue weighted by Gasteiger charge is -2.36. The number of ether oxygens (including phenoxy) is 2. The molecule has 1 aliphatic rings. The first-order chi connectivity index (χ1) is 10.6. The van der Waals surface area contributed by atoms with Crippen molar-refractivity contribution in [1.29, 1.82) is 0 Å². The second kappa shape index (κ2) is 6.22. The van der Waals surface area contributed by atoms with Gasteiger partial charge in [-0.05, 0) is 29.8 Å². The number of aryl methyl sites for hydroxylation is 1. The second-order valence-corrected chi connectivity index (χ2v) is 5.71. The summed E-state index contributed by atoms with van der Waals surface area (Å²) in [5.41, 5.74) is 1.19. The maximum absolute atomic E-state index is 9.81. The van der Waals surface area contributed by atoms with E-state index < -0.39 is 24.6 Å². The predicted octanol–water partition coefficient (Wildman–Crippen LogP) is 1.36. The summed E-state index contributed by atoms with van der Waals surface area (Å²) in [4.78, 5) is 0. The van der Waals surface area contributed by atoms with Crippen molar-refractivity contribution in [3.63, 3.8) is 0 Å². The smallest absolute Gasteiger partial charge is 0.202 e. The molecule has 0 saturated carbocycles. The van der Waals surface area contributed by atoms with Gasteiger partial charge in [0.15, 0.2) is 0 Å². The highest BCUT2D eigenvalue weighted by molar-refractivity contribution is 5.84. The lowest BCUT2D eigenvalue weighted by molar-refractivity contribution is -0.229. The van der Waals surface area contributed by atoms with Gasteiger partial charge in [0.1, 0.15) is 18.0 Å². The van der Waals surface area contributed by atoms with Crippen LogP contribution in [-0.4, -0.2) is 46.5 Å². The second-order valence-electron chi connectivity index (χ2n) is 5.71.